The fourth-order valence-electron chi connectivity index (χ4n) is 2.13. The van der Waals surface area contributed by atoms with Gasteiger partial charge in [0.2, 0.25) is 0 Å². The van der Waals surface area contributed by atoms with Gasteiger partial charge >= 0.3 is 18.2 Å². The Morgan fingerprint density at radius 2 is 1.79 bits per heavy atom. The third kappa shape index (κ3) is 4.33. The molecule has 132 valence electrons. The standard InChI is InChI=1S/C16H18F2O6/c1-15(2,3)24-14(20)10(13(19)21-4)7-9-5-6-11-12(8-9)23-16(17,18)22-11/h5-6,8,10H,7H2,1-4H3. The van der Waals surface area contributed by atoms with Gasteiger partial charge in [0.25, 0.3) is 0 Å². The molecular formula is C16H18F2O6. The van der Waals surface area contributed by atoms with Crippen molar-refractivity contribution in [2.45, 2.75) is 39.1 Å². The summed E-state index contributed by atoms with van der Waals surface area (Å²) in [7, 11) is 1.15. The van der Waals surface area contributed by atoms with E-state index in [9.17, 15) is 18.4 Å². The van der Waals surface area contributed by atoms with Crippen molar-refractivity contribution >= 4 is 11.9 Å². The molecule has 0 radical (unpaired) electrons. The largest absolute Gasteiger partial charge is 0.586 e. The van der Waals surface area contributed by atoms with Gasteiger partial charge in [0.15, 0.2) is 17.4 Å². The van der Waals surface area contributed by atoms with E-state index in [2.05, 4.69) is 14.2 Å². The molecule has 0 N–H and O–H groups in total. The highest BCUT2D eigenvalue weighted by Gasteiger charge is 2.43. The fourth-order valence-corrected chi connectivity index (χ4v) is 2.13. The lowest BCUT2D eigenvalue weighted by molar-refractivity contribution is -0.286. The van der Waals surface area contributed by atoms with Crippen LogP contribution in [0.3, 0.4) is 0 Å². The second kappa shape index (κ2) is 6.26. The molecule has 1 aliphatic heterocycles. The molecule has 1 unspecified atom stereocenters. The molecule has 1 atom stereocenters. The van der Waals surface area contributed by atoms with E-state index >= 15 is 0 Å². The number of ether oxygens (including phenoxy) is 4. The summed E-state index contributed by atoms with van der Waals surface area (Å²) < 4.78 is 44.6. The summed E-state index contributed by atoms with van der Waals surface area (Å²) >= 11 is 0. The number of carbonyl (C=O) groups excluding carboxylic acids is 2. The maximum absolute atomic E-state index is 13.0. The summed E-state index contributed by atoms with van der Waals surface area (Å²) in [6, 6.07) is 4.04. The first kappa shape index (κ1) is 18.0. The van der Waals surface area contributed by atoms with Crippen molar-refractivity contribution in [1.82, 2.24) is 0 Å². The van der Waals surface area contributed by atoms with E-state index in [-0.39, 0.29) is 17.9 Å². The second-order valence-corrected chi connectivity index (χ2v) is 6.26. The van der Waals surface area contributed by atoms with E-state index in [0.717, 1.165) is 7.11 Å². The van der Waals surface area contributed by atoms with Gasteiger partial charge in [-0.2, -0.15) is 0 Å². The van der Waals surface area contributed by atoms with E-state index in [1.54, 1.807) is 20.8 Å². The van der Waals surface area contributed by atoms with Crippen LogP contribution in [0.1, 0.15) is 26.3 Å². The lowest BCUT2D eigenvalue weighted by Crippen LogP contribution is -2.34. The molecule has 1 aromatic carbocycles. The number of rotatable bonds is 4. The summed E-state index contributed by atoms with van der Waals surface area (Å²) in [5.41, 5.74) is -0.350. The molecule has 24 heavy (non-hydrogen) atoms. The van der Waals surface area contributed by atoms with Gasteiger partial charge in [-0.1, -0.05) is 6.07 Å². The molecule has 2 rings (SSSR count). The predicted octanol–water partition coefficient (Wildman–Crippen LogP) is 2.68. The Bertz CT molecular complexity index is 650. The Kier molecular flexibility index (Phi) is 4.68. The molecule has 0 bridgehead atoms. The van der Waals surface area contributed by atoms with E-state index in [1.165, 1.54) is 18.2 Å². The van der Waals surface area contributed by atoms with Crippen LogP contribution in [0.2, 0.25) is 0 Å². The minimum atomic E-state index is -3.73. The van der Waals surface area contributed by atoms with Gasteiger partial charge < -0.3 is 18.9 Å². The molecular weight excluding hydrogens is 326 g/mol. The molecule has 0 amide bonds. The topological polar surface area (TPSA) is 71.1 Å². The number of halogens is 2. The van der Waals surface area contributed by atoms with Crippen LogP contribution in [0.5, 0.6) is 11.5 Å². The summed E-state index contributed by atoms with van der Waals surface area (Å²) in [6.45, 7) is 5.01. The molecule has 0 saturated heterocycles. The van der Waals surface area contributed by atoms with Crippen LogP contribution >= 0.6 is 0 Å². The minimum absolute atomic E-state index is 0.0796. The highest BCUT2D eigenvalue weighted by molar-refractivity contribution is 5.95. The van der Waals surface area contributed by atoms with Gasteiger partial charge in [0, 0.05) is 0 Å². The Labute approximate surface area is 137 Å². The van der Waals surface area contributed by atoms with Crippen molar-refractivity contribution in [2.75, 3.05) is 7.11 Å². The zero-order valence-electron chi connectivity index (χ0n) is 13.7. The monoisotopic (exact) mass is 344 g/mol. The summed E-state index contributed by atoms with van der Waals surface area (Å²) in [5, 5.41) is 0. The number of benzene rings is 1. The highest BCUT2D eigenvalue weighted by Crippen LogP contribution is 2.41. The lowest BCUT2D eigenvalue weighted by atomic mass is 9.98. The van der Waals surface area contributed by atoms with Crippen LogP contribution in [0.15, 0.2) is 18.2 Å². The van der Waals surface area contributed by atoms with Crippen LogP contribution < -0.4 is 9.47 Å². The zero-order valence-corrected chi connectivity index (χ0v) is 13.7. The van der Waals surface area contributed by atoms with E-state index in [0.29, 0.717) is 5.56 Å². The van der Waals surface area contributed by atoms with Crippen LogP contribution in [0.25, 0.3) is 0 Å². The molecule has 0 fully saturated rings. The molecule has 0 saturated carbocycles. The Balaban J connectivity index is 2.19. The molecule has 1 aromatic rings. The van der Waals surface area contributed by atoms with Gasteiger partial charge in [-0.25, -0.2) is 0 Å². The van der Waals surface area contributed by atoms with Gasteiger partial charge in [0.1, 0.15) is 5.60 Å². The average molecular weight is 344 g/mol. The van der Waals surface area contributed by atoms with Crippen LogP contribution in [-0.2, 0) is 25.5 Å². The van der Waals surface area contributed by atoms with Gasteiger partial charge in [0.05, 0.1) is 7.11 Å². The van der Waals surface area contributed by atoms with Crippen molar-refractivity contribution in [1.29, 1.82) is 0 Å². The van der Waals surface area contributed by atoms with Crippen molar-refractivity contribution in [2.24, 2.45) is 5.92 Å². The Morgan fingerprint density at radius 3 is 2.38 bits per heavy atom. The average Bonchev–Trinajstić information content (AvgIpc) is 2.74. The SMILES string of the molecule is COC(=O)C(Cc1ccc2c(c1)OC(F)(F)O2)C(=O)OC(C)(C)C. The molecule has 8 heteroatoms. The first-order valence-electron chi connectivity index (χ1n) is 7.20. The number of hydrogen-bond donors (Lipinski definition) is 0. The fraction of sp³-hybridized carbons (Fsp3) is 0.500. The number of methoxy groups -OCH3 is 1. The second-order valence-electron chi connectivity index (χ2n) is 6.26. The van der Waals surface area contributed by atoms with Crippen molar-refractivity contribution < 1.29 is 37.3 Å². The Hall–Kier alpha value is -2.38. The number of alkyl halides is 2. The Morgan fingerprint density at radius 1 is 1.17 bits per heavy atom. The van der Waals surface area contributed by atoms with Crippen molar-refractivity contribution in [3.8, 4) is 11.5 Å². The van der Waals surface area contributed by atoms with Crippen LogP contribution in [0, 0.1) is 5.92 Å². The third-order valence-electron chi connectivity index (χ3n) is 3.08. The summed E-state index contributed by atoms with van der Waals surface area (Å²) in [5.74, 6) is -3.01. The maximum atomic E-state index is 13.0. The first-order chi connectivity index (χ1) is 11.0. The number of hydrogen-bond acceptors (Lipinski definition) is 6. The summed E-state index contributed by atoms with van der Waals surface area (Å²) in [4.78, 5) is 24.1. The number of carbonyl (C=O) groups is 2. The molecule has 1 aliphatic rings. The zero-order chi connectivity index (χ0) is 18.1. The molecule has 6 nitrogen and oxygen atoms in total. The van der Waals surface area contributed by atoms with E-state index in [4.69, 9.17) is 4.74 Å². The quantitative estimate of drug-likeness (QED) is 0.618. The smallest absolute Gasteiger partial charge is 0.468 e. The van der Waals surface area contributed by atoms with Crippen LogP contribution in [-0.4, -0.2) is 30.9 Å². The lowest BCUT2D eigenvalue weighted by Gasteiger charge is -2.23. The number of esters is 2. The minimum Gasteiger partial charge on any atom is -0.468 e. The maximum Gasteiger partial charge on any atom is 0.586 e. The molecule has 0 aromatic heterocycles. The molecule has 1 heterocycles. The molecule has 0 aliphatic carbocycles. The van der Waals surface area contributed by atoms with Gasteiger partial charge in [-0.3, -0.25) is 9.59 Å². The number of fused-ring (bicyclic) bond motifs is 1. The van der Waals surface area contributed by atoms with Gasteiger partial charge in [-0.15, -0.1) is 8.78 Å². The van der Waals surface area contributed by atoms with Crippen molar-refractivity contribution in [3.05, 3.63) is 23.8 Å². The highest BCUT2D eigenvalue weighted by atomic mass is 19.3. The van der Waals surface area contributed by atoms with E-state index in [1.807, 2.05) is 0 Å². The normalized spacial score (nSPS) is 16.4. The van der Waals surface area contributed by atoms with Crippen molar-refractivity contribution in [3.63, 3.8) is 0 Å². The predicted molar refractivity (Wildman–Crippen MR) is 77.7 cm³/mol. The molecule has 0 spiro atoms. The third-order valence-corrected chi connectivity index (χ3v) is 3.08. The van der Waals surface area contributed by atoms with E-state index < -0.39 is 29.8 Å². The van der Waals surface area contributed by atoms with Gasteiger partial charge in [-0.05, 0) is 44.9 Å². The summed E-state index contributed by atoms with van der Waals surface area (Å²) in [6.07, 6.45) is -3.81. The first-order valence-corrected chi connectivity index (χ1v) is 7.20. The van der Waals surface area contributed by atoms with Crippen LogP contribution in [0.4, 0.5) is 8.78 Å².